The minimum absolute atomic E-state index is 0.0962. The Kier molecular flexibility index (Phi) is 5.56. The lowest BCUT2D eigenvalue weighted by Crippen LogP contribution is -2.32. The Morgan fingerprint density at radius 1 is 1.03 bits per heavy atom. The molecule has 0 bridgehead atoms. The summed E-state index contributed by atoms with van der Waals surface area (Å²) in [7, 11) is -3.74. The van der Waals surface area contributed by atoms with Crippen molar-refractivity contribution in [3.63, 3.8) is 0 Å². The summed E-state index contributed by atoms with van der Waals surface area (Å²) in [5.74, 6) is 0.443. The van der Waals surface area contributed by atoms with Gasteiger partial charge in [0.05, 0.1) is 11.2 Å². The summed E-state index contributed by atoms with van der Waals surface area (Å²) in [5, 5.41) is 1.99. The maximum absolute atomic E-state index is 12.9. The van der Waals surface area contributed by atoms with E-state index in [1.54, 1.807) is 34.9 Å². The fourth-order valence-corrected chi connectivity index (χ4v) is 5.33. The van der Waals surface area contributed by atoms with Crippen LogP contribution in [0.15, 0.2) is 83.7 Å². The lowest BCUT2D eigenvalue weighted by Gasteiger charge is -2.18. The number of sulfonamides is 1. The molecule has 0 radical (unpaired) electrons. The van der Waals surface area contributed by atoms with Crippen molar-refractivity contribution in [2.75, 3.05) is 16.2 Å². The second-order valence-electron chi connectivity index (χ2n) is 7.29. The van der Waals surface area contributed by atoms with Crippen molar-refractivity contribution >= 4 is 38.1 Å². The summed E-state index contributed by atoms with van der Waals surface area (Å²) in [6, 6.07) is 13.6. The monoisotopic (exact) mass is 481 g/mol. The van der Waals surface area contributed by atoms with E-state index in [1.165, 1.54) is 29.7 Å². The van der Waals surface area contributed by atoms with E-state index in [0.29, 0.717) is 29.5 Å². The average Bonchev–Trinajstić information content (AvgIpc) is 3.58. The first-order valence-corrected chi connectivity index (χ1v) is 12.4. The third kappa shape index (κ3) is 4.45. The van der Waals surface area contributed by atoms with Crippen molar-refractivity contribution in [1.29, 1.82) is 0 Å². The summed E-state index contributed by atoms with van der Waals surface area (Å²) < 4.78 is 35.2. The Labute approximate surface area is 194 Å². The molecule has 4 aromatic rings. The predicted octanol–water partition coefficient (Wildman–Crippen LogP) is 3.31. The van der Waals surface area contributed by atoms with Crippen LogP contribution in [0.3, 0.4) is 0 Å². The van der Waals surface area contributed by atoms with Crippen molar-refractivity contribution < 1.29 is 17.9 Å². The molecular formula is C22H19N5O4S2. The van der Waals surface area contributed by atoms with E-state index in [2.05, 4.69) is 14.7 Å². The Balaban J connectivity index is 1.24. The van der Waals surface area contributed by atoms with Crippen molar-refractivity contribution in [2.45, 2.75) is 17.4 Å². The number of benzene rings is 2. The van der Waals surface area contributed by atoms with Crippen molar-refractivity contribution in [1.82, 2.24) is 14.5 Å². The fourth-order valence-electron chi connectivity index (χ4n) is 3.55. The van der Waals surface area contributed by atoms with Gasteiger partial charge in [-0.1, -0.05) is 0 Å². The molecule has 1 fully saturated rings. The maximum Gasteiger partial charge on any atom is 0.268 e. The van der Waals surface area contributed by atoms with Crippen LogP contribution >= 0.6 is 11.3 Å². The Morgan fingerprint density at radius 2 is 1.79 bits per heavy atom. The first-order chi connectivity index (χ1) is 16.0. The largest absolute Gasteiger partial charge is 0.481 e. The van der Waals surface area contributed by atoms with Crippen molar-refractivity contribution in [3.8, 4) is 11.4 Å². The Morgan fingerprint density at radius 3 is 2.45 bits per heavy atom. The third-order valence-corrected chi connectivity index (χ3v) is 7.36. The number of anilines is 2. The van der Waals surface area contributed by atoms with Gasteiger partial charge < -0.3 is 14.2 Å². The van der Waals surface area contributed by atoms with Crippen LogP contribution in [-0.4, -0.2) is 41.5 Å². The number of aromatic nitrogens is 3. The van der Waals surface area contributed by atoms with E-state index < -0.39 is 16.1 Å². The number of rotatable bonds is 7. The first-order valence-electron chi connectivity index (χ1n) is 10.1. The quantitative estimate of drug-likeness (QED) is 0.434. The molecule has 9 nitrogen and oxygen atoms in total. The highest BCUT2D eigenvalue weighted by atomic mass is 32.2. The minimum Gasteiger partial charge on any atom is -0.481 e. The van der Waals surface area contributed by atoms with Gasteiger partial charge in [-0.15, -0.1) is 11.3 Å². The van der Waals surface area contributed by atoms with E-state index in [-0.39, 0.29) is 10.8 Å². The van der Waals surface area contributed by atoms with Gasteiger partial charge in [-0.05, 0) is 48.5 Å². The van der Waals surface area contributed by atoms with Crippen LogP contribution in [0.5, 0.6) is 5.75 Å². The van der Waals surface area contributed by atoms with Crippen LogP contribution in [0.25, 0.3) is 5.69 Å². The molecule has 1 saturated heterocycles. The highest BCUT2D eigenvalue weighted by Gasteiger charge is 2.34. The van der Waals surface area contributed by atoms with Crippen molar-refractivity contribution in [2.24, 2.45) is 0 Å². The molecule has 1 amide bonds. The van der Waals surface area contributed by atoms with Crippen LogP contribution in [0.2, 0.25) is 0 Å². The zero-order valence-electron chi connectivity index (χ0n) is 17.2. The number of nitrogens with zero attached hydrogens (tertiary/aromatic N) is 4. The average molecular weight is 482 g/mol. The number of hydrogen-bond donors (Lipinski definition) is 1. The summed E-state index contributed by atoms with van der Waals surface area (Å²) in [6.07, 6.45) is 6.72. The number of hydrogen-bond acceptors (Lipinski definition) is 7. The van der Waals surface area contributed by atoms with E-state index in [0.717, 1.165) is 5.69 Å². The Hall–Kier alpha value is -3.70. The molecule has 168 valence electrons. The number of nitrogens with one attached hydrogen (secondary N) is 1. The lowest BCUT2D eigenvalue weighted by atomic mass is 10.2. The normalized spacial score (nSPS) is 16.2. The predicted molar refractivity (Wildman–Crippen MR) is 124 cm³/mol. The fraction of sp³-hybridized carbons (Fsp3) is 0.136. The molecule has 1 N–H and O–H groups in total. The standard InChI is InChI=1S/C22H19N5O4S2/c28-21-20(31-18-5-1-16(2-6-18)26-13-10-23-15-26)9-12-27(21)17-3-7-19(8-4-17)33(29,30)25-22-24-11-14-32-22/h1-8,10-11,13-15,20H,9,12H2,(H,24,25). The highest BCUT2D eigenvalue weighted by Crippen LogP contribution is 2.27. The number of amides is 1. The van der Waals surface area contributed by atoms with Crippen LogP contribution in [0.1, 0.15) is 6.42 Å². The summed E-state index contributed by atoms with van der Waals surface area (Å²) in [6.45, 7) is 0.486. The topological polar surface area (TPSA) is 106 Å². The molecular weight excluding hydrogens is 462 g/mol. The zero-order valence-corrected chi connectivity index (χ0v) is 18.9. The number of carbonyl (C=O) groups excluding carboxylic acids is 1. The SMILES string of the molecule is O=C1C(Oc2ccc(-n3ccnc3)cc2)CCN1c1ccc(S(=O)(=O)Nc2nccs2)cc1. The number of thiazole rings is 1. The van der Waals surface area contributed by atoms with Gasteiger partial charge in [0.2, 0.25) is 0 Å². The molecule has 5 rings (SSSR count). The van der Waals surface area contributed by atoms with Crippen LogP contribution in [0.4, 0.5) is 10.8 Å². The summed E-state index contributed by atoms with van der Waals surface area (Å²) >= 11 is 1.20. The molecule has 1 aliphatic rings. The number of ether oxygens (including phenoxy) is 1. The van der Waals surface area contributed by atoms with Crippen molar-refractivity contribution in [3.05, 3.63) is 78.8 Å². The van der Waals surface area contributed by atoms with E-state index in [1.807, 2.05) is 35.0 Å². The van der Waals surface area contributed by atoms with Gasteiger partial charge in [0.15, 0.2) is 11.2 Å². The molecule has 3 heterocycles. The van der Waals surface area contributed by atoms with Gasteiger partial charge in [0.1, 0.15) is 5.75 Å². The maximum atomic E-state index is 12.9. The van der Waals surface area contributed by atoms with Gasteiger partial charge in [-0.25, -0.2) is 18.4 Å². The molecule has 1 atom stereocenters. The van der Waals surface area contributed by atoms with Gasteiger partial charge in [0, 0.05) is 48.3 Å². The van der Waals surface area contributed by atoms with Gasteiger partial charge in [-0.3, -0.25) is 9.52 Å². The first kappa shape index (κ1) is 21.2. The lowest BCUT2D eigenvalue weighted by molar-refractivity contribution is -0.122. The van der Waals surface area contributed by atoms with E-state index in [9.17, 15) is 13.2 Å². The molecule has 2 aromatic heterocycles. The van der Waals surface area contributed by atoms with Gasteiger partial charge in [0.25, 0.3) is 15.9 Å². The van der Waals surface area contributed by atoms with Gasteiger partial charge in [-0.2, -0.15) is 0 Å². The Bertz CT molecular complexity index is 1340. The summed E-state index contributed by atoms with van der Waals surface area (Å²) in [4.78, 5) is 22.6. The third-order valence-electron chi connectivity index (χ3n) is 5.19. The number of imidazole rings is 1. The van der Waals surface area contributed by atoms with E-state index in [4.69, 9.17) is 4.74 Å². The molecule has 33 heavy (non-hydrogen) atoms. The zero-order chi connectivity index (χ0) is 22.8. The molecule has 2 aromatic carbocycles. The van der Waals surface area contributed by atoms with Crippen LogP contribution in [0, 0.1) is 0 Å². The molecule has 1 unspecified atom stereocenters. The smallest absolute Gasteiger partial charge is 0.268 e. The number of carbonyl (C=O) groups is 1. The molecule has 0 spiro atoms. The van der Waals surface area contributed by atoms with E-state index >= 15 is 0 Å². The second-order valence-corrected chi connectivity index (χ2v) is 9.86. The minimum atomic E-state index is -3.74. The second kappa shape index (κ2) is 8.68. The molecule has 0 saturated carbocycles. The molecule has 0 aliphatic carbocycles. The summed E-state index contributed by atoms with van der Waals surface area (Å²) in [5.41, 5.74) is 1.56. The molecule has 1 aliphatic heterocycles. The van der Waals surface area contributed by atoms with Crippen LogP contribution in [-0.2, 0) is 14.8 Å². The van der Waals surface area contributed by atoms with Crippen LogP contribution < -0.4 is 14.4 Å². The van der Waals surface area contributed by atoms with Gasteiger partial charge >= 0.3 is 0 Å². The molecule has 11 heteroatoms. The highest BCUT2D eigenvalue weighted by molar-refractivity contribution is 7.93.